The van der Waals surface area contributed by atoms with Crippen LogP contribution >= 0.6 is 7.26 Å². The lowest BCUT2D eigenvalue weighted by Crippen LogP contribution is -2.32. The topological polar surface area (TPSA) is 9.23 Å². The van der Waals surface area contributed by atoms with Gasteiger partial charge in [-0.1, -0.05) is 42.5 Å². The van der Waals surface area contributed by atoms with Crippen molar-refractivity contribution >= 4 is 23.2 Å². The Morgan fingerprint density at radius 1 is 0.720 bits per heavy atom. The van der Waals surface area contributed by atoms with Crippen LogP contribution in [-0.4, -0.2) is 13.8 Å². The summed E-state index contributed by atoms with van der Waals surface area (Å²) in [4.78, 5) is 0. The lowest BCUT2D eigenvalue weighted by Gasteiger charge is -2.26. The predicted molar refractivity (Wildman–Crippen MR) is 111 cm³/mol. The first-order chi connectivity index (χ1) is 12.1. The van der Waals surface area contributed by atoms with Crippen LogP contribution < -0.4 is 15.9 Å². The minimum Gasteiger partial charge on any atom is -0.380 e. The third kappa shape index (κ3) is 3.27. The van der Waals surface area contributed by atoms with Gasteiger partial charge in [-0.3, -0.25) is 0 Å². The molecule has 0 unspecified atom stereocenters. The Morgan fingerprint density at radius 3 is 1.72 bits per heavy atom. The molecule has 3 rings (SSSR count). The first-order valence-corrected chi connectivity index (χ1v) is 10.9. The molecular weight excluding hydrogens is 323 g/mol. The largest absolute Gasteiger partial charge is 0.380 e. The van der Waals surface area contributed by atoms with Crippen molar-refractivity contribution in [1.29, 1.82) is 0 Å². The second kappa shape index (κ2) is 7.52. The molecule has 0 radical (unpaired) electrons. The quantitative estimate of drug-likeness (QED) is 0.622. The van der Waals surface area contributed by atoms with E-state index in [1.54, 1.807) is 7.11 Å². The van der Waals surface area contributed by atoms with E-state index in [4.69, 9.17) is 4.74 Å². The molecule has 0 aliphatic carbocycles. The normalized spacial score (nSPS) is 11.5. The average Bonchev–Trinajstić information content (AvgIpc) is 2.66. The van der Waals surface area contributed by atoms with Crippen molar-refractivity contribution in [3.05, 3.63) is 89.5 Å². The summed E-state index contributed by atoms with van der Waals surface area (Å²) < 4.78 is 5.37. The Hall–Kier alpha value is -1.95. The van der Waals surface area contributed by atoms with E-state index in [0.29, 0.717) is 6.61 Å². The molecule has 0 N–H and O–H groups in total. The molecule has 0 aliphatic heterocycles. The molecule has 3 aromatic carbocycles. The third-order valence-corrected chi connectivity index (χ3v) is 9.31. The summed E-state index contributed by atoms with van der Waals surface area (Å²) >= 11 is 0. The lowest BCUT2D eigenvalue weighted by molar-refractivity contribution is 0.184. The summed E-state index contributed by atoms with van der Waals surface area (Å²) in [7, 11) is 0.0871. The summed E-state index contributed by atoms with van der Waals surface area (Å²) in [6.07, 6.45) is 0. The lowest BCUT2D eigenvalue weighted by atomic mass is 10.0. The Labute approximate surface area is 152 Å². The van der Waals surface area contributed by atoms with E-state index >= 15 is 0 Å². The fourth-order valence-corrected chi connectivity index (χ4v) is 7.14. The van der Waals surface area contributed by atoms with Crippen molar-refractivity contribution in [3.63, 3.8) is 0 Å². The highest BCUT2D eigenvalue weighted by molar-refractivity contribution is 7.95. The predicted octanol–water partition coefficient (Wildman–Crippen LogP) is 4.37. The van der Waals surface area contributed by atoms with Gasteiger partial charge in [0.25, 0.3) is 0 Å². The highest BCUT2D eigenvalue weighted by Crippen LogP contribution is 2.52. The molecule has 0 heterocycles. The van der Waals surface area contributed by atoms with Gasteiger partial charge in [0.15, 0.2) is 0 Å². The van der Waals surface area contributed by atoms with E-state index in [0.717, 1.165) is 0 Å². The van der Waals surface area contributed by atoms with Crippen LogP contribution in [0.4, 0.5) is 0 Å². The Balaban J connectivity index is 2.25. The maximum atomic E-state index is 5.37. The number of methoxy groups -OCH3 is 1. The number of hydrogen-bond donors (Lipinski definition) is 0. The first kappa shape index (κ1) is 17.9. The highest BCUT2D eigenvalue weighted by Gasteiger charge is 2.41. The van der Waals surface area contributed by atoms with Crippen molar-refractivity contribution in [2.45, 2.75) is 20.5 Å². The van der Waals surface area contributed by atoms with Gasteiger partial charge >= 0.3 is 0 Å². The number of hydrogen-bond acceptors (Lipinski definition) is 1. The minimum absolute atomic E-state index is 0.665. The van der Waals surface area contributed by atoms with E-state index in [1.807, 2.05) is 0 Å². The van der Waals surface area contributed by atoms with E-state index in [1.165, 1.54) is 32.6 Å². The SMILES string of the molecule is COCc1ccc([P+](C)(c2ccccc2)c2ccccc2)c(C)c1C. The third-order valence-electron chi connectivity index (χ3n) is 5.20. The van der Waals surface area contributed by atoms with Gasteiger partial charge in [-0.2, -0.15) is 0 Å². The molecule has 128 valence electrons. The molecule has 0 aromatic heterocycles. The highest BCUT2D eigenvalue weighted by atomic mass is 31.2. The fraction of sp³-hybridized carbons (Fsp3) is 0.217. The molecule has 0 saturated heterocycles. The molecule has 0 fully saturated rings. The maximum absolute atomic E-state index is 5.37. The summed E-state index contributed by atoms with van der Waals surface area (Å²) in [5.74, 6) is 0. The molecular formula is C23H26OP+. The first-order valence-electron chi connectivity index (χ1n) is 8.65. The van der Waals surface area contributed by atoms with Crippen molar-refractivity contribution < 1.29 is 4.74 Å². The number of benzene rings is 3. The van der Waals surface area contributed by atoms with Crippen molar-refractivity contribution in [1.82, 2.24) is 0 Å². The minimum atomic E-state index is -1.67. The Morgan fingerprint density at radius 2 is 1.24 bits per heavy atom. The number of ether oxygens (including phenoxy) is 1. The molecule has 0 bridgehead atoms. The standard InChI is InChI=1S/C23H26OP/c1-18-19(2)23(16-15-20(18)17-24-3)25(4,21-11-7-5-8-12-21)22-13-9-6-10-14-22/h5-16H,17H2,1-4H3/q+1. The zero-order valence-corrected chi connectivity index (χ0v) is 16.4. The van der Waals surface area contributed by atoms with Gasteiger partial charge in [0.2, 0.25) is 0 Å². The van der Waals surface area contributed by atoms with Crippen LogP contribution in [0.25, 0.3) is 0 Å². The van der Waals surface area contributed by atoms with Crippen LogP contribution in [0, 0.1) is 13.8 Å². The van der Waals surface area contributed by atoms with Crippen LogP contribution in [0.5, 0.6) is 0 Å². The molecule has 25 heavy (non-hydrogen) atoms. The van der Waals surface area contributed by atoms with E-state index < -0.39 is 7.26 Å². The van der Waals surface area contributed by atoms with Crippen LogP contribution in [-0.2, 0) is 11.3 Å². The Bertz CT molecular complexity index is 801. The molecule has 0 atom stereocenters. The van der Waals surface area contributed by atoms with Gasteiger partial charge in [0.1, 0.15) is 23.2 Å². The van der Waals surface area contributed by atoms with E-state index in [9.17, 15) is 0 Å². The van der Waals surface area contributed by atoms with Crippen LogP contribution in [0.15, 0.2) is 72.8 Å². The summed E-state index contributed by atoms with van der Waals surface area (Å²) in [5.41, 5.74) is 4.01. The van der Waals surface area contributed by atoms with E-state index in [2.05, 4.69) is 93.3 Å². The van der Waals surface area contributed by atoms with Gasteiger partial charge in [-0.25, -0.2) is 0 Å². The Kier molecular flexibility index (Phi) is 5.37. The van der Waals surface area contributed by atoms with Gasteiger partial charge in [-0.15, -0.1) is 0 Å². The summed E-state index contributed by atoms with van der Waals surface area (Å²) in [6.45, 7) is 7.58. The van der Waals surface area contributed by atoms with Gasteiger partial charge in [0, 0.05) is 7.11 Å². The molecule has 0 spiro atoms. The molecule has 0 amide bonds. The van der Waals surface area contributed by atoms with Crippen molar-refractivity contribution in [3.8, 4) is 0 Å². The zero-order chi connectivity index (χ0) is 17.9. The molecule has 0 saturated carbocycles. The summed E-state index contributed by atoms with van der Waals surface area (Å²) in [6, 6.07) is 26.5. The maximum Gasteiger partial charge on any atom is 0.109 e. The van der Waals surface area contributed by atoms with Crippen LogP contribution in [0.2, 0.25) is 0 Å². The van der Waals surface area contributed by atoms with Crippen molar-refractivity contribution in [2.75, 3.05) is 13.8 Å². The van der Waals surface area contributed by atoms with Crippen molar-refractivity contribution in [2.24, 2.45) is 0 Å². The van der Waals surface area contributed by atoms with E-state index in [-0.39, 0.29) is 0 Å². The average molecular weight is 349 g/mol. The van der Waals surface area contributed by atoms with Gasteiger partial charge < -0.3 is 4.74 Å². The molecule has 1 nitrogen and oxygen atoms in total. The second-order valence-corrected chi connectivity index (χ2v) is 10.1. The molecule has 2 heteroatoms. The smallest absolute Gasteiger partial charge is 0.109 e. The second-order valence-electron chi connectivity index (χ2n) is 6.60. The zero-order valence-electron chi connectivity index (χ0n) is 15.5. The van der Waals surface area contributed by atoms with Crippen LogP contribution in [0.1, 0.15) is 16.7 Å². The molecule has 3 aromatic rings. The molecule has 0 aliphatic rings. The number of rotatable bonds is 5. The van der Waals surface area contributed by atoms with Crippen LogP contribution in [0.3, 0.4) is 0 Å². The fourth-order valence-electron chi connectivity index (χ4n) is 3.54. The summed E-state index contributed by atoms with van der Waals surface area (Å²) in [5, 5.41) is 4.30. The van der Waals surface area contributed by atoms with Gasteiger partial charge in [-0.05, 0) is 60.9 Å². The van der Waals surface area contributed by atoms with Gasteiger partial charge in [0.05, 0.1) is 13.3 Å². The monoisotopic (exact) mass is 349 g/mol.